The van der Waals surface area contributed by atoms with Crippen molar-refractivity contribution >= 4 is 47.3 Å². The first-order chi connectivity index (χ1) is 11.6. The molecule has 0 N–H and O–H groups in total. The number of carbonyl (C=O) groups is 1. The van der Waals surface area contributed by atoms with E-state index in [1.807, 2.05) is 37.3 Å². The van der Waals surface area contributed by atoms with E-state index in [0.29, 0.717) is 11.6 Å². The van der Waals surface area contributed by atoms with Gasteiger partial charge in [0.15, 0.2) is 5.75 Å². The Labute approximate surface area is 164 Å². The summed E-state index contributed by atoms with van der Waals surface area (Å²) in [6.07, 6.45) is 0. The van der Waals surface area contributed by atoms with E-state index in [4.69, 9.17) is 32.7 Å². The molecule has 0 heterocycles. The van der Waals surface area contributed by atoms with Gasteiger partial charge in [-0.15, -0.1) is 12.4 Å². The zero-order valence-electron chi connectivity index (χ0n) is 14.0. The van der Waals surface area contributed by atoms with E-state index in [0.717, 1.165) is 12.2 Å². The standard InChI is InChI=1S/C18H19Cl2NO3.ClH/c1-3-21(13-7-5-4-6-8-13)11-12-24-18(22)16-14(19)9-10-15(20)17(16)23-2;/h4-10H,3,11-12H2,1-2H3;1H. The maximum atomic E-state index is 12.3. The highest BCUT2D eigenvalue weighted by atomic mass is 35.5. The summed E-state index contributed by atoms with van der Waals surface area (Å²) >= 11 is 12.1. The minimum atomic E-state index is -0.552. The summed E-state index contributed by atoms with van der Waals surface area (Å²) in [4.78, 5) is 14.5. The van der Waals surface area contributed by atoms with Crippen molar-refractivity contribution in [1.29, 1.82) is 0 Å². The van der Waals surface area contributed by atoms with Gasteiger partial charge >= 0.3 is 5.97 Å². The fourth-order valence-corrected chi connectivity index (χ4v) is 2.81. The molecule has 25 heavy (non-hydrogen) atoms. The molecular weight excluding hydrogens is 385 g/mol. The number of likely N-dealkylation sites (N-methyl/N-ethyl adjacent to an activating group) is 1. The minimum Gasteiger partial charge on any atom is -0.494 e. The first-order valence-corrected chi connectivity index (χ1v) is 8.33. The molecule has 0 saturated heterocycles. The minimum absolute atomic E-state index is 0. The summed E-state index contributed by atoms with van der Waals surface area (Å²) in [6, 6.07) is 13.1. The van der Waals surface area contributed by atoms with Gasteiger partial charge in [-0.05, 0) is 31.2 Å². The summed E-state index contributed by atoms with van der Waals surface area (Å²) in [5, 5.41) is 0.560. The average Bonchev–Trinajstić information content (AvgIpc) is 2.61. The van der Waals surface area contributed by atoms with Crippen LogP contribution < -0.4 is 9.64 Å². The number of hydrogen-bond donors (Lipinski definition) is 0. The topological polar surface area (TPSA) is 38.8 Å². The number of esters is 1. The largest absolute Gasteiger partial charge is 0.494 e. The van der Waals surface area contributed by atoms with Crippen molar-refractivity contribution in [3.05, 3.63) is 58.1 Å². The molecule has 2 rings (SSSR count). The smallest absolute Gasteiger partial charge is 0.343 e. The van der Waals surface area contributed by atoms with Crippen LogP contribution >= 0.6 is 35.6 Å². The number of hydrogen-bond acceptors (Lipinski definition) is 4. The molecule has 4 nitrogen and oxygen atoms in total. The van der Waals surface area contributed by atoms with Crippen LogP contribution in [0, 0.1) is 0 Å². The van der Waals surface area contributed by atoms with Gasteiger partial charge in [0.2, 0.25) is 0 Å². The Morgan fingerprint density at radius 2 is 1.72 bits per heavy atom. The highest BCUT2D eigenvalue weighted by molar-refractivity contribution is 6.37. The molecule has 0 atom stereocenters. The second kappa shape index (κ2) is 10.4. The molecule has 136 valence electrons. The summed E-state index contributed by atoms with van der Waals surface area (Å²) < 4.78 is 10.5. The third-order valence-corrected chi connectivity index (χ3v) is 4.18. The van der Waals surface area contributed by atoms with Crippen molar-refractivity contribution in [2.75, 3.05) is 31.7 Å². The van der Waals surface area contributed by atoms with Crippen LogP contribution in [0.3, 0.4) is 0 Å². The molecule has 0 spiro atoms. The molecule has 0 aliphatic carbocycles. The van der Waals surface area contributed by atoms with Gasteiger partial charge in [-0.2, -0.15) is 0 Å². The Hall–Kier alpha value is -1.62. The predicted molar refractivity (Wildman–Crippen MR) is 105 cm³/mol. The van der Waals surface area contributed by atoms with Gasteiger partial charge < -0.3 is 14.4 Å². The van der Waals surface area contributed by atoms with Gasteiger partial charge in [-0.3, -0.25) is 0 Å². The maximum Gasteiger partial charge on any atom is 0.343 e. The van der Waals surface area contributed by atoms with E-state index in [-0.39, 0.29) is 35.3 Å². The van der Waals surface area contributed by atoms with Crippen LogP contribution in [0.15, 0.2) is 42.5 Å². The summed E-state index contributed by atoms with van der Waals surface area (Å²) in [7, 11) is 1.43. The van der Waals surface area contributed by atoms with E-state index in [1.165, 1.54) is 7.11 Å². The van der Waals surface area contributed by atoms with Crippen LogP contribution in [0.1, 0.15) is 17.3 Å². The molecule has 2 aromatic rings. The van der Waals surface area contributed by atoms with Crippen LogP contribution in [-0.4, -0.2) is 32.8 Å². The Kier molecular flexibility index (Phi) is 8.90. The second-order valence-electron chi connectivity index (χ2n) is 4.99. The molecule has 0 unspecified atom stereocenters. The van der Waals surface area contributed by atoms with Gasteiger partial charge in [0, 0.05) is 12.2 Å². The van der Waals surface area contributed by atoms with Crippen LogP contribution in [0.2, 0.25) is 10.0 Å². The Bertz CT molecular complexity index is 695. The average molecular weight is 405 g/mol. The molecule has 2 aromatic carbocycles. The van der Waals surface area contributed by atoms with Gasteiger partial charge in [0.1, 0.15) is 12.2 Å². The SMILES string of the molecule is CCN(CCOC(=O)c1c(Cl)ccc(Cl)c1OC)c1ccccc1.Cl. The van der Waals surface area contributed by atoms with Crippen molar-refractivity contribution in [3.8, 4) is 5.75 Å². The molecule has 0 amide bonds. The predicted octanol–water partition coefficient (Wildman–Crippen LogP) is 5.11. The fraction of sp³-hybridized carbons (Fsp3) is 0.278. The van der Waals surface area contributed by atoms with Crippen molar-refractivity contribution < 1.29 is 14.3 Å². The number of rotatable bonds is 7. The van der Waals surface area contributed by atoms with Gasteiger partial charge in [-0.25, -0.2) is 4.79 Å². The van der Waals surface area contributed by atoms with Gasteiger partial charge in [0.05, 0.1) is 23.7 Å². The molecule has 0 aliphatic heterocycles. The lowest BCUT2D eigenvalue weighted by Crippen LogP contribution is -2.28. The molecule has 0 radical (unpaired) electrons. The number of para-hydroxylation sites is 1. The number of methoxy groups -OCH3 is 1. The van der Waals surface area contributed by atoms with Gasteiger partial charge in [-0.1, -0.05) is 41.4 Å². The third-order valence-electron chi connectivity index (χ3n) is 3.56. The Morgan fingerprint density at radius 3 is 2.32 bits per heavy atom. The molecule has 0 aromatic heterocycles. The number of halogens is 3. The number of benzene rings is 2. The molecule has 0 saturated carbocycles. The van der Waals surface area contributed by atoms with E-state index >= 15 is 0 Å². The molecular formula is C18H20Cl3NO3. The summed E-state index contributed by atoms with van der Waals surface area (Å²) in [5.74, 6) is -0.326. The lowest BCUT2D eigenvalue weighted by molar-refractivity contribution is 0.0512. The highest BCUT2D eigenvalue weighted by Gasteiger charge is 2.21. The maximum absolute atomic E-state index is 12.3. The zero-order valence-corrected chi connectivity index (χ0v) is 16.3. The lowest BCUT2D eigenvalue weighted by Gasteiger charge is -2.23. The van der Waals surface area contributed by atoms with Crippen molar-refractivity contribution in [1.82, 2.24) is 0 Å². The number of carbonyl (C=O) groups excluding carboxylic acids is 1. The molecule has 0 aliphatic rings. The third kappa shape index (κ3) is 5.43. The van der Waals surface area contributed by atoms with E-state index in [9.17, 15) is 4.79 Å². The van der Waals surface area contributed by atoms with Crippen LogP contribution in [0.5, 0.6) is 5.75 Å². The van der Waals surface area contributed by atoms with Gasteiger partial charge in [0.25, 0.3) is 0 Å². The molecule has 0 bridgehead atoms. The molecule has 0 fully saturated rings. The second-order valence-corrected chi connectivity index (χ2v) is 5.80. The Morgan fingerprint density at radius 1 is 1.08 bits per heavy atom. The lowest BCUT2D eigenvalue weighted by atomic mass is 10.2. The number of ether oxygens (including phenoxy) is 2. The van der Waals surface area contributed by atoms with E-state index < -0.39 is 5.97 Å². The summed E-state index contributed by atoms with van der Waals surface area (Å²) in [5.41, 5.74) is 1.23. The van der Waals surface area contributed by atoms with Crippen LogP contribution in [0.4, 0.5) is 5.69 Å². The number of nitrogens with zero attached hydrogens (tertiary/aromatic N) is 1. The summed E-state index contributed by atoms with van der Waals surface area (Å²) in [6.45, 7) is 3.66. The first kappa shape index (κ1) is 21.4. The molecule has 7 heteroatoms. The van der Waals surface area contributed by atoms with Crippen molar-refractivity contribution in [2.24, 2.45) is 0 Å². The Balaban J connectivity index is 0.00000312. The normalized spacial score (nSPS) is 9.92. The highest BCUT2D eigenvalue weighted by Crippen LogP contribution is 2.34. The number of anilines is 1. The monoisotopic (exact) mass is 403 g/mol. The van der Waals surface area contributed by atoms with Crippen LogP contribution in [-0.2, 0) is 4.74 Å². The van der Waals surface area contributed by atoms with Crippen molar-refractivity contribution in [3.63, 3.8) is 0 Å². The fourth-order valence-electron chi connectivity index (χ4n) is 2.35. The van der Waals surface area contributed by atoms with E-state index in [2.05, 4.69) is 4.90 Å². The zero-order chi connectivity index (χ0) is 17.5. The van der Waals surface area contributed by atoms with Crippen molar-refractivity contribution in [2.45, 2.75) is 6.92 Å². The van der Waals surface area contributed by atoms with E-state index in [1.54, 1.807) is 12.1 Å². The first-order valence-electron chi connectivity index (χ1n) is 7.57. The quantitative estimate of drug-likeness (QED) is 0.601. The van der Waals surface area contributed by atoms with Crippen LogP contribution in [0.25, 0.3) is 0 Å².